The second kappa shape index (κ2) is 9.59. The maximum absolute atomic E-state index is 13.3. The van der Waals surface area contributed by atoms with E-state index in [1.165, 1.54) is 18.9 Å². The van der Waals surface area contributed by atoms with Gasteiger partial charge >= 0.3 is 5.97 Å². The van der Waals surface area contributed by atoms with E-state index in [-0.39, 0.29) is 24.8 Å². The fourth-order valence-electron chi connectivity index (χ4n) is 3.55. The molecule has 0 aliphatic carbocycles. The Balaban J connectivity index is 1.81. The monoisotopic (exact) mass is 503 g/mol. The Morgan fingerprint density at radius 3 is 2.61 bits per heavy atom. The number of methoxy groups -OCH3 is 1. The SMILES string of the molecule is CCOC(=O)c1cccc(N2Cc3c(nc(SC)nc3-c3cc(OC)c(Cl)cc3Cl)C2=O)c1. The van der Waals surface area contributed by atoms with E-state index in [9.17, 15) is 9.59 Å². The first-order valence-corrected chi connectivity index (χ1v) is 11.9. The summed E-state index contributed by atoms with van der Waals surface area (Å²) < 4.78 is 10.4. The number of benzene rings is 2. The zero-order valence-electron chi connectivity index (χ0n) is 18.0. The standard InChI is InChI=1S/C23H19Cl2N3O4S/c1-4-32-22(30)12-6-5-7-13(8-12)28-11-15-19(26-23(33-3)27-20(15)21(28)29)14-9-18(31-2)17(25)10-16(14)24/h5-10H,4,11H2,1-3H3. The summed E-state index contributed by atoms with van der Waals surface area (Å²) in [5.74, 6) is -0.298. The fourth-order valence-corrected chi connectivity index (χ4v) is 4.47. The highest BCUT2D eigenvalue weighted by atomic mass is 35.5. The molecule has 0 saturated carbocycles. The first kappa shape index (κ1) is 23.4. The first-order valence-electron chi connectivity index (χ1n) is 9.95. The number of fused-ring (bicyclic) bond motifs is 1. The summed E-state index contributed by atoms with van der Waals surface area (Å²) in [7, 11) is 1.51. The number of esters is 1. The van der Waals surface area contributed by atoms with Gasteiger partial charge in [0, 0.05) is 16.8 Å². The Hall–Kier alpha value is -2.81. The van der Waals surface area contributed by atoms with Gasteiger partial charge in [0.05, 0.1) is 41.6 Å². The third-order valence-corrected chi connectivity index (χ3v) is 6.25. The van der Waals surface area contributed by atoms with Crippen molar-refractivity contribution in [2.75, 3.05) is 24.9 Å². The highest BCUT2D eigenvalue weighted by Gasteiger charge is 2.35. The molecule has 0 bridgehead atoms. The molecule has 1 aliphatic rings. The molecule has 0 fully saturated rings. The van der Waals surface area contributed by atoms with Gasteiger partial charge in [-0.2, -0.15) is 0 Å². The van der Waals surface area contributed by atoms with E-state index >= 15 is 0 Å². The van der Waals surface area contributed by atoms with Crippen LogP contribution in [0.25, 0.3) is 11.3 Å². The molecule has 4 rings (SSSR count). The second-order valence-electron chi connectivity index (χ2n) is 7.01. The van der Waals surface area contributed by atoms with Gasteiger partial charge < -0.3 is 14.4 Å². The number of hydrogen-bond acceptors (Lipinski definition) is 7. The molecule has 0 N–H and O–H groups in total. The number of ether oxygens (including phenoxy) is 2. The first-order chi connectivity index (χ1) is 15.9. The zero-order valence-corrected chi connectivity index (χ0v) is 20.3. The number of anilines is 1. The summed E-state index contributed by atoms with van der Waals surface area (Å²) in [4.78, 5) is 36.2. The molecular formula is C23H19Cl2N3O4S. The van der Waals surface area contributed by atoms with Gasteiger partial charge in [-0.25, -0.2) is 14.8 Å². The largest absolute Gasteiger partial charge is 0.495 e. The van der Waals surface area contributed by atoms with Crippen molar-refractivity contribution in [1.82, 2.24) is 9.97 Å². The van der Waals surface area contributed by atoms with Crippen LogP contribution >= 0.6 is 35.0 Å². The van der Waals surface area contributed by atoms with Crippen molar-refractivity contribution in [1.29, 1.82) is 0 Å². The normalized spacial score (nSPS) is 12.6. The van der Waals surface area contributed by atoms with E-state index < -0.39 is 5.97 Å². The molecular weight excluding hydrogens is 485 g/mol. The molecule has 0 atom stereocenters. The number of halogens is 2. The number of carbonyl (C=O) groups excluding carboxylic acids is 2. The number of aromatic nitrogens is 2. The number of nitrogens with zero attached hydrogens (tertiary/aromatic N) is 3. The number of rotatable bonds is 6. The minimum absolute atomic E-state index is 0.214. The molecule has 33 heavy (non-hydrogen) atoms. The van der Waals surface area contributed by atoms with Gasteiger partial charge in [0.2, 0.25) is 0 Å². The smallest absolute Gasteiger partial charge is 0.338 e. The zero-order chi connectivity index (χ0) is 23.7. The number of hydrogen-bond donors (Lipinski definition) is 0. The lowest BCUT2D eigenvalue weighted by Gasteiger charge is -2.16. The molecule has 3 aromatic rings. The van der Waals surface area contributed by atoms with Gasteiger partial charge in [-0.3, -0.25) is 4.79 Å². The van der Waals surface area contributed by atoms with Crippen LogP contribution in [0.2, 0.25) is 10.0 Å². The topological polar surface area (TPSA) is 81.6 Å². The van der Waals surface area contributed by atoms with Crippen molar-refractivity contribution in [2.45, 2.75) is 18.6 Å². The van der Waals surface area contributed by atoms with Crippen LogP contribution < -0.4 is 9.64 Å². The van der Waals surface area contributed by atoms with Crippen LogP contribution in [-0.4, -0.2) is 41.8 Å². The molecule has 0 saturated heterocycles. The van der Waals surface area contributed by atoms with E-state index in [4.69, 9.17) is 32.7 Å². The van der Waals surface area contributed by atoms with Crippen LogP contribution in [0, 0.1) is 0 Å². The lowest BCUT2D eigenvalue weighted by Crippen LogP contribution is -2.23. The fraction of sp³-hybridized carbons (Fsp3) is 0.217. The van der Waals surface area contributed by atoms with E-state index in [2.05, 4.69) is 9.97 Å². The summed E-state index contributed by atoms with van der Waals surface area (Å²) in [6.45, 7) is 2.22. The molecule has 1 aromatic heterocycles. The van der Waals surface area contributed by atoms with Crippen molar-refractivity contribution in [3.05, 3.63) is 63.3 Å². The maximum atomic E-state index is 13.3. The minimum atomic E-state index is -0.450. The number of amides is 1. The van der Waals surface area contributed by atoms with E-state index in [0.29, 0.717) is 49.0 Å². The molecule has 0 spiro atoms. The van der Waals surface area contributed by atoms with Crippen molar-refractivity contribution < 1.29 is 19.1 Å². The second-order valence-corrected chi connectivity index (χ2v) is 8.60. The van der Waals surface area contributed by atoms with Crippen LogP contribution in [0.4, 0.5) is 5.69 Å². The summed E-state index contributed by atoms with van der Waals surface area (Å²) >= 11 is 14.0. The molecule has 170 valence electrons. The number of carbonyl (C=O) groups is 2. The molecule has 1 amide bonds. The van der Waals surface area contributed by atoms with Crippen LogP contribution in [-0.2, 0) is 11.3 Å². The van der Waals surface area contributed by atoms with Crippen molar-refractivity contribution in [3.63, 3.8) is 0 Å². The summed E-state index contributed by atoms with van der Waals surface area (Å²) in [6, 6.07) is 10.0. The van der Waals surface area contributed by atoms with Gasteiger partial charge in [-0.1, -0.05) is 41.0 Å². The Morgan fingerprint density at radius 2 is 1.91 bits per heavy atom. The quantitative estimate of drug-likeness (QED) is 0.249. The highest BCUT2D eigenvalue weighted by Crippen LogP contribution is 2.41. The van der Waals surface area contributed by atoms with E-state index in [0.717, 1.165) is 0 Å². The van der Waals surface area contributed by atoms with Crippen LogP contribution in [0.3, 0.4) is 0 Å². The van der Waals surface area contributed by atoms with Crippen LogP contribution in [0.15, 0.2) is 41.6 Å². The maximum Gasteiger partial charge on any atom is 0.338 e. The molecule has 0 unspecified atom stereocenters. The van der Waals surface area contributed by atoms with E-state index in [1.54, 1.807) is 48.2 Å². The Labute approximate surface area is 205 Å². The van der Waals surface area contributed by atoms with Gasteiger partial charge in [0.1, 0.15) is 11.4 Å². The minimum Gasteiger partial charge on any atom is -0.495 e. The van der Waals surface area contributed by atoms with Gasteiger partial charge in [0.25, 0.3) is 5.91 Å². The van der Waals surface area contributed by atoms with Gasteiger partial charge in [0.15, 0.2) is 5.16 Å². The molecule has 10 heteroatoms. The lowest BCUT2D eigenvalue weighted by molar-refractivity contribution is 0.0526. The van der Waals surface area contributed by atoms with Crippen molar-refractivity contribution >= 4 is 52.5 Å². The predicted molar refractivity (Wildman–Crippen MR) is 129 cm³/mol. The van der Waals surface area contributed by atoms with Gasteiger partial charge in [-0.15, -0.1) is 0 Å². The Morgan fingerprint density at radius 1 is 1.15 bits per heavy atom. The molecule has 2 aromatic carbocycles. The summed E-state index contributed by atoms with van der Waals surface area (Å²) in [6.07, 6.45) is 1.83. The predicted octanol–water partition coefficient (Wildman–Crippen LogP) is 5.52. The third kappa shape index (κ3) is 4.38. The van der Waals surface area contributed by atoms with Crippen LogP contribution in [0.1, 0.15) is 33.3 Å². The van der Waals surface area contributed by atoms with Crippen molar-refractivity contribution in [3.8, 4) is 17.0 Å². The Bertz CT molecular complexity index is 1270. The summed E-state index contributed by atoms with van der Waals surface area (Å²) in [5.41, 5.74) is 2.95. The van der Waals surface area contributed by atoms with Crippen molar-refractivity contribution in [2.24, 2.45) is 0 Å². The summed E-state index contributed by atoms with van der Waals surface area (Å²) in [5, 5.41) is 1.18. The Kier molecular flexibility index (Phi) is 6.78. The molecule has 0 radical (unpaired) electrons. The average Bonchev–Trinajstić information content (AvgIpc) is 3.15. The highest BCUT2D eigenvalue weighted by molar-refractivity contribution is 7.98. The third-order valence-electron chi connectivity index (χ3n) is 5.10. The molecule has 7 nitrogen and oxygen atoms in total. The van der Waals surface area contributed by atoms with E-state index in [1.807, 2.05) is 6.26 Å². The average molecular weight is 504 g/mol. The van der Waals surface area contributed by atoms with Crippen LogP contribution in [0.5, 0.6) is 5.75 Å². The molecule has 2 heterocycles. The number of thioether (sulfide) groups is 1. The lowest BCUT2D eigenvalue weighted by atomic mass is 10.1. The molecule has 1 aliphatic heterocycles. The van der Waals surface area contributed by atoms with Gasteiger partial charge in [-0.05, 0) is 43.5 Å².